The third-order valence-corrected chi connectivity index (χ3v) is 1.76. The number of hydrogen-bond donors (Lipinski definition) is 3. The van der Waals surface area contributed by atoms with Gasteiger partial charge in [-0.15, -0.1) is 0 Å². The molecule has 1 rings (SSSR count). The molecule has 1 aliphatic rings. The highest BCUT2D eigenvalue weighted by atomic mass is 16.3. The molecule has 0 aromatic heterocycles. The summed E-state index contributed by atoms with van der Waals surface area (Å²) in [7, 11) is 3.51. The number of rotatable bonds is 2. The lowest BCUT2D eigenvalue weighted by Gasteiger charge is -2.15. The number of nitrogens with zero attached hydrogens (tertiary/aromatic N) is 1. The highest BCUT2D eigenvalue weighted by molar-refractivity contribution is 5.81. The lowest BCUT2D eigenvalue weighted by atomic mass is 10.2. The van der Waals surface area contributed by atoms with Gasteiger partial charge in [-0.25, -0.2) is 5.01 Å². The molecule has 0 radical (unpaired) electrons. The van der Waals surface area contributed by atoms with Gasteiger partial charge in [-0.1, -0.05) is 0 Å². The fourth-order valence-electron chi connectivity index (χ4n) is 1.22. The van der Waals surface area contributed by atoms with Crippen LogP contribution in [0.25, 0.3) is 0 Å². The van der Waals surface area contributed by atoms with Crippen molar-refractivity contribution >= 4 is 5.91 Å². The SMILES string of the molecule is CN(C)NC(=O)C1CC(O)CN1. The minimum atomic E-state index is -0.386. The van der Waals surface area contributed by atoms with Gasteiger partial charge >= 0.3 is 0 Å². The molecule has 0 aromatic carbocycles. The van der Waals surface area contributed by atoms with Gasteiger partial charge in [0, 0.05) is 20.6 Å². The molecule has 1 amide bonds. The molecule has 2 unspecified atom stereocenters. The van der Waals surface area contributed by atoms with Gasteiger partial charge < -0.3 is 10.4 Å². The number of carbonyl (C=O) groups is 1. The van der Waals surface area contributed by atoms with E-state index >= 15 is 0 Å². The van der Waals surface area contributed by atoms with Crippen molar-refractivity contribution in [3.63, 3.8) is 0 Å². The second-order valence-corrected chi connectivity index (χ2v) is 3.22. The van der Waals surface area contributed by atoms with E-state index in [1.54, 1.807) is 19.1 Å². The molecule has 1 saturated heterocycles. The van der Waals surface area contributed by atoms with Crippen LogP contribution in [0.2, 0.25) is 0 Å². The molecule has 12 heavy (non-hydrogen) atoms. The first kappa shape index (κ1) is 9.44. The van der Waals surface area contributed by atoms with Gasteiger partial charge in [0.25, 0.3) is 5.91 Å². The minimum Gasteiger partial charge on any atom is -0.392 e. The highest BCUT2D eigenvalue weighted by Crippen LogP contribution is 2.05. The van der Waals surface area contributed by atoms with E-state index in [2.05, 4.69) is 10.7 Å². The summed E-state index contributed by atoms with van der Waals surface area (Å²) >= 11 is 0. The predicted molar refractivity (Wildman–Crippen MR) is 44.2 cm³/mol. The molecule has 3 N–H and O–H groups in total. The lowest BCUT2D eigenvalue weighted by molar-refractivity contribution is -0.126. The standard InChI is InChI=1S/C7H15N3O2/c1-10(2)9-7(12)6-3-5(11)4-8-6/h5-6,8,11H,3-4H2,1-2H3,(H,9,12). The molecular weight excluding hydrogens is 158 g/mol. The van der Waals surface area contributed by atoms with E-state index < -0.39 is 0 Å². The monoisotopic (exact) mass is 173 g/mol. The predicted octanol–water partition coefficient (Wildman–Crippen LogP) is -1.70. The van der Waals surface area contributed by atoms with Crippen molar-refractivity contribution in [1.82, 2.24) is 15.8 Å². The van der Waals surface area contributed by atoms with E-state index in [4.69, 9.17) is 5.11 Å². The zero-order valence-electron chi connectivity index (χ0n) is 7.37. The van der Waals surface area contributed by atoms with Crippen LogP contribution in [0.15, 0.2) is 0 Å². The maximum Gasteiger partial charge on any atom is 0.251 e. The fraction of sp³-hybridized carbons (Fsp3) is 0.857. The van der Waals surface area contributed by atoms with Crippen molar-refractivity contribution in [2.24, 2.45) is 0 Å². The zero-order valence-corrected chi connectivity index (χ0v) is 7.37. The summed E-state index contributed by atoms with van der Waals surface area (Å²) in [6.45, 7) is 0.505. The van der Waals surface area contributed by atoms with Gasteiger partial charge in [0.1, 0.15) is 0 Å². The molecule has 0 aromatic rings. The van der Waals surface area contributed by atoms with E-state index in [9.17, 15) is 4.79 Å². The van der Waals surface area contributed by atoms with Crippen molar-refractivity contribution in [2.75, 3.05) is 20.6 Å². The third kappa shape index (κ3) is 2.44. The Labute approximate surface area is 71.7 Å². The molecule has 2 atom stereocenters. The molecule has 1 heterocycles. The molecule has 5 nitrogen and oxygen atoms in total. The van der Waals surface area contributed by atoms with Gasteiger partial charge in [-0.3, -0.25) is 10.2 Å². The Kier molecular flexibility index (Phi) is 3.02. The van der Waals surface area contributed by atoms with Crippen molar-refractivity contribution < 1.29 is 9.90 Å². The van der Waals surface area contributed by atoms with Gasteiger partial charge in [0.15, 0.2) is 0 Å². The van der Waals surface area contributed by atoms with Crippen molar-refractivity contribution in [3.8, 4) is 0 Å². The largest absolute Gasteiger partial charge is 0.392 e. The van der Waals surface area contributed by atoms with Crippen LogP contribution < -0.4 is 10.7 Å². The van der Waals surface area contributed by atoms with Crippen LogP contribution in [0.5, 0.6) is 0 Å². The van der Waals surface area contributed by atoms with E-state index in [1.807, 2.05) is 0 Å². The topological polar surface area (TPSA) is 64.6 Å². The van der Waals surface area contributed by atoms with Gasteiger partial charge in [0.05, 0.1) is 12.1 Å². The Hall–Kier alpha value is -0.650. The summed E-state index contributed by atoms with van der Waals surface area (Å²) in [5.74, 6) is -0.0865. The normalized spacial score (nSPS) is 29.3. The fourth-order valence-corrected chi connectivity index (χ4v) is 1.22. The van der Waals surface area contributed by atoms with E-state index in [0.29, 0.717) is 13.0 Å². The average Bonchev–Trinajstić information content (AvgIpc) is 2.34. The van der Waals surface area contributed by atoms with Crippen LogP contribution in [0.3, 0.4) is 0 Å². The maximum atomic E-state index is 11.3. The number of aliphatic hydroxyl groups is 1. The molecular formula is C7H15N3O2. The molecule has 5 heteroatoms. The van der Waals surface area contributed by atoms with Gasteiger partial charge in [-0.2, -0.15) is 0 Å². The van der Waals surface area contributed by atoms with E-state index in [1.165, 1.54) is 0 Å². The Bertz CT molecular complexity index is 172. The molecule has 1 aliphatic heterocycles. The van der Waals surface area contributed by atoms with Gasteiger partial charge in [-0.05, 0) is 6.42 Å². The molecule has 1 fully saturated rings. The summed E-state index contributed by atoms with van der Waals surface area (Å²) in [5, 5.41) is 13.6. The number of β-amino-alcohol motifs (C(OH)–C–C–N with tert-alkyl or cyclic N) is 1. The molecule has 0 spiro atoms. The summed E-state index contributed by atoms with van der Waals surface area (Å²) < 4.78 is 0. The van der Waals surface area contributed by atoms with Crippen LogP contribution in [-0.4, -0.2) is 48.8 Å². The molecule has 0 aliphatic carbocycles. The number of nitrogens with one attached hydrogen (secondary N) is 2. The number of aliphatic hydroxyl groups excluding tert-OH is 1. The van der Waals surface area contributed by atoms with E-state index in [-0.39, 0.29) is 18.1 Å². The minimum absolute atomic E-state index is 0.0865. The first-order chi connectivity index (χ1) is 5.59. The summed E-state index contributed by atoms with van der Waals surface area (Å²) in [5.41, 5.74) is 2.63. The zero-order chi connectivity index (χ0) is 9.14. The number of hydrazine groups is 1. The third-order valence-electron chi connectivity index (χ3n) is 1.76. The highest BCUT2D eigenvalue weighted by Gasteiger charge is 2.27. The van der Waals surface area contributed by atoms with Gasteiger partial charge in [0.2, 0.25) is 0 Å². The van der Waals surface area contributed by atoms with Crippen LogP contribution in [0.1, 0.15) is 6.42 Å². The maximum absolute atomic E-state index is 11.3. The quantitative estimate of drug-likeness (QED) is 0.436. The summed E-state index contributed by atoms with van der Waals surface area (Å²) in [4.78, 5) is 11.3. The number of carbonyl (C=O) groups excluding carboxylic acids is 1. The van der Waals surface area contributed by atoms with Crippen molar-refractivity contribution in [3.05, 3.63) is 0 Å². The summed E-state index contributed by atoms with van der Waals surface area (Å²) in [6, 6.07) is -0.248. The number of hydrogen-bond acceptors (Lipinski definition) is 4. The number of amides is 1. The first-order valence-corrected chi connectivity index (χ1v) is 3.99. The van der Waals surface area contributed by atoms with Crippen LogP contribution in [0.4, 0.5) is 0 Å². The van der Waals surface area contributed by atoms with Crippen LogP contribution >= 0.6 is 0 Å². The Morgan fingerprint density at radius 2 is 2.33 bits per heavy atom. The van der Waals surface area contributed by atoms with Crippen molar-refractivity contribution in [1.29, 1.82) is 0 Å². The second kappa shape index (κ2) is 3.84. The van der Waals surface area contributed by atoms with Crippen LogP contribution in [0, 0.1) is 0 Å². The Morgan fingerprint density at radius 3 is 2.75 bits per heavy atom. The Morgan fingerprint density at radius 1 is 1.67 bits per heavy atom. The molecule has 0 saturated carbocycles. The van der Waals surface area contributed by atoms with E-state index in [0.717, 1.165) is 0 Å². The van der Waals surface area contributed by atoms with Crippen molar-refractivity contribution in [2.45, 2.75) is 18.6 Å². The second-order valence-electron chi connectivity index (χ2n) is 3.22. The first-order valence-electron chi connectivity index (χ1n) is 3.99. The molecule has 0 bridgehead atoms. The molecule has 70 valence electrons. The smallest absolute Gasteiger partial charge is 0.251 e. The summed E-state index contributed by atoms with van der Waals surface area (Å²) in [6.07, 6.45) is 0.113. The van der Waals surface area contributed by atoms with Crippen LogP contribution in [-0.2, 0) is 4.79 Å². The average molecular weight is 173 g/mol. The Balaban J connectivity index is 2.33. The lowest BCUT2D eigenvalue weighted by Crippen LogP contribution is -2.46.